The summed E-state index contributed by atoms with van der Waals surface area (Å²) in [6, 6.07) is 28.1. The van der Waals surface area contributed by atoms with Crippen molar-refractivity contribution in [3.05, 3.63) is 108 Å². The Morgan fingerprint density at radius 1 is 0.966 bits per heavy atom. The van der Waals surface area contributed by atoms with Crippen molar-refractivity contribution in [2.24, 2.45) is 0 Å². The molecule has 2 N–H and O–H groups in total. The van der Waals surface area contributed by atoms with Gasteiger partial charge in [-0.1, -0.05) is 66.7 Å². The molecule has 1 amide bonds. The summed E-state index contributed by atoms with van der Waals surface area (Å²) in [6.07, 6.45) is 1.40. The van der Waals surface area contributed by atoms with Crippen LogP contribution in [0.2, 0.25) is 0 Å². The van der Waals surface area contributed by atoms with Gasteiger partial charge in [0.15, 0.2) is 0 Å². The number of carbonyl (C=O) groups excluding carboxylic acids is 1. The number of nitrogens with zero attached hydrogens (tertiary/aromatic N) is 1. The highest BCUT2D eigenvalue weighted by Gasteiger charge is 2.19. The Morgan fingerprint density at radius 2 is 1.59 bits per heavy atom. The predicted octanol–water partition coefficient (Wildman–Crippen LogP) is 4.42. The average molecular weight is 383 g/mol. The first-order valence-electron chi connectivity index (χ1n) is 9.13. The topological polar surface area (TPSA) is 74.1 Å². The second-order valence-corrected chi connectivity index (χ2v) is 6.27. The molecule has 0 aliphatic carbocycles. The van der Waals surface area contributed by atoms with E-state index in [1.807, 2.05) is 84.9 Å². The quantitative estimate of drug-likeness (QED) is 0.468. The molecular weight excluding hydrogens is 362 g/mol. The maximum Gasteiger partial charge on any atom is 0.264 e. The van der Waals surface area contributed by atoms with Crippen molar-refractivity contribution < 1.29 is 9.53 Å². The van der Waals surface area contributed by atoms with Gasteiger partial charge >= 0.3 is 0 Å². The minimum absolute atomic E-state index is 0.0234. The van der Waals surface area contributed by atoms with E-state index >= 15 is 0 Å². The van der Waals surface area contributed by atoms with E-state index in [4.69, 9.17) is 4.74 Å². The lowest BCUT2D eigenvalue weighted by Gasteiger charge is -2.19. The first kappa shape index (κ1) is 19.7. The predicted molar refractivity (Wildman–Crippen MR) is 113 cm³/mol. The summed E-state index contributed by atoms with van der Waals surface area (Å²) in [5.41, 5.74) is 2.56. The highest BCUT2D eigenvalue weighted by atomic mass is 16.5. The van der Waals surface area contributed by atoms with E-state index in [0.29, 0.717) is 11.4 Å². The number of amides is 1. The van der Waals surface area contributed by atoms with E-state index in [2.05, 4.69) is 10.6 Å². The molecule has 5 heteroatoms. The summed E-state index contributed by atoms with van der Waals surface area (Å²) < 4.78 is 5.18. The first-order chi connectivity index (χ1) is 14.2. The lowest BCUT2D eigenvalue weighted by Crippen LogP contribution is -2.30. The van der Waals surface area contributed by atoms with E-state index in [0.717, 1.165) is 11.1 Å². The third kappa shape index (κ3) is 5.24. The van der Waals surface area contributed by atoms with Gasteiger partial charge in [0.25, 0.3) is 5.91 Å². The Balaban J connectivity index is 1.81. The molecule has 5 nitrogen and oxygen atoms in total. The van der Waals surface area contributed by atoms with Crippen LogP contribution in [0.25, 0.3) is 0 Å². The van der Waals surface area contributed by atoms with Crippen molar-refractivity contribution in [1.29, 1.82) is 5.26 Å². The Kier molecular flexibility index (Phi) is 6.64. The standard InChI is InChI=1S/C24H21N3O2/c1-29-22-14-8-13-21(15-22)26-17-20(16-25)24(28)27-23(18-9-4-2-5-10-18)19-11-6-3-7-12-19/h2-15,17,23,26H,1H3,(H,27,28)/b20-17-. The maximum atomic E-state index is 12.8. The fourth-order valence-electron chi connectivity index (χ4n) is 2.88. The summed E-state index contributed by atoms with van der Waals surface area (Å²) >= 11 is 0. The van der Waals surface area contributed by atoms with Gasteiger partial charge in [-0.3, -0.25) is 4.79 Å². The van der Waals surface area contributed by atoms with E-state index < -0.39 is 5.91 Å². The van der Waals surface area contributed by atoms with Crippen LogP contribution in [0, 0.1) is 11.3 Å². The summed E-state index contributed by atoms with van der Waals surface area (Å²) in [5.74, 6) is 0.222. The van der Waals surface area contributed by atoms with E-state index in [9.17, 15) is 10.1 Å². The fraction of sp³-hybridized carbons (Fsp3) is 0.0833. The zero-order chi connectivity index (χ0) is 20.5. The van der Waals surface area contributed by atoms with Crippen LogP contribution in [-0.2, 0) is 4.79 Å². The van der Waals surface area contributed by atoms with Crippen LogP contribution in [0.15, 0.2) is 96.7 Å². The summed E-state index contributed by atoms with van der Waals surface area (Å²) in [5, 5.41) is 15.4. The molecule has 0 atom stereocenters. The third-order valence-corrected chi connectivity index (χ3v) is 4.36. The SMILES string of the molecule is COc1cccc(N/C=C(/C#N)C(=O)NC(c2ccccc2)c2ccccc2)c1. The number of hydrogen-bond acceptors (Lipinski definition) is 4. The largest absolute Gasteiger partial charge is 0.497 e. The molecule has 29 heavy (non-hydrogen) atoms. The molecular formula is C24H21N3O2. The number of ether oxygens (including phenoxy) is 1. The molecule has 0 aliphatic heterocycles. The zero-order valence-electron chi connectivity index (χ0n) is 16.0. The summed E-state index contributed by atoms with van der Waals surface area (Å²) in [4.78, 5) is 12.8. The molecule has 3 aromatic carbocycles. The molecule has 3 aromatic rings. The number of nitrogens with one attached hydrogen (secondary N) is 2. The van der Waals surface area contributed by atoms with Gasteiger partial charge in [-0.25, -0.2) is 0 Å². The number of carbonyl (C=O) groups is 1. The molecule has 0 fully saturated rings. The van der Waals surface area contributed by atoms with Crippen molar-refractivity contribution in [2.45, 2.75) is 6.04 Å². The lowest BCUT2D eigenvalue weighted by molar-refractivity contribution is -0.117. The van der Waals surface area contributed by atoms with Crippen LogP contribution in [0.3, 0.4) is 0 Å². The van der Waals surface area contributed by atoms with Gasteiger partial charge in [0.05, 0.1) is 13.2 Å². The number of hydrogen-bond donors (Lipinski definition) is 2. The van der Waals surface area contributed by atoms with Crippen LogP contribution >= 0.6 is 0 Å². The number of benzene rings is 3. The van der Waals surface area contributed by atoms with Gasteiger partial charge in [-0.05, 0) is 23.3 Å². The van der Waals surface area contributed by atoms with Gasteiger partial charge in [0, 0.05) is 18.0 Å². The van der Waals surface area contributed by atoms with Crippen molar-refractivity contribution in [2.75, 3.05) is 12.4 Å². The lowest BCUT2D eigenvalue weighted by atomic mass is 9.98. The molecule has 144 valence electrons. The number of rotatable bonds is 7. The first-order valence-corrected chi connectivity index (χ1v) is 9.13. The highest BCUT2D eigenvalue weighted by molar-refractivity contribution is 5.98. The van der Waals surface area contributed by atoms with E-state index in [-0.39, 0.29) is 11.6 Å². The van der Waals surface area contributed by atoms with Crippen LogP contribution in [-0.4, -0.2) is 13.0 Å². The van der Waals surface area contributed by atoms with Gasteiger partial charge in [0.2, 0.25) is 0 Å². The van der Waals surface area contributed by atoms with E-state index in [1.54, 1.807) is 13.2 Å². The van der Waals surface area contributed by atoms with Crippen LogP contribution in [0.4, 0.5) is 5.69 Å². The number of anilines is 1. The third-order valence-electron chi connectivity index (χ3n) is 4.36. The Labute approximate surface area is 170 Å². The Hall–Kier alpha value is -4.04. The number of methoxy groups -OCH3 is 1. The average Bonchev–Trinajstić information content (AvgIpc) is 2.79. The minimum atomic E-state index is -0.458. The molecule has 0 saturated carbocycles. The molecule has 0 heterocycles. The fourth-order valence-corrected chi connectivity index (χ4v) is 2.88. The molecule has 0 bridgehead atoms. The van der Waals surface area contributed by atoms with Crippen molar-refractivity contribution in [3.8, 4) is 11.8 Å². The monoisotopic (exact) mass is 383 g/mol. The van der Waals surface area contributed by atoms with Crippen molar-refractivity contribution >= 4 is 11.6 Å². The highest BCUT2D eigenvalue weighted by Crippen LogP contribution is 2.22. The Bertz CT molecular complexity index is 985. The molecule has 0 aromatic heterocycles. The van der Waals surface area contributed by atoms with Gasteiger partial charge in [-0.15, -0.1) is 0 Å². The van der Waals surface area contributed by atoms with Gasteiger partial charge in [0.1, 0.15) is 17.4 Å². The molecule has 3 rings (SSSR count). The normalized spacial score (nSPS) is 10.9. The van der Waals surface area contributed by atoms with Crippen LogP contribution < -0.4 is 15.4 Å². The number of nitriles is 1. The second-order valence-electron chi connectivity index (χ2n) is 6.27. The van der Waals surface area contributed by atoms with Gasteiger partial charge < -0.3 is 15.4 Å². The van der Waals surface area contributed by atoms with Gasteiger partial charge in [-0.2, -0.15) is 5.26 Å². The second kappa shape index (κ2) is 9.77. The maximum absolute atomic E-state index is 12.8. The van der Waals surface area contributed by atoms with Crippen LogP contribution in [0.5, 0.6) is 5.75 Å². The Morgan fingerprint density at radius 3 is 2.14 bits per heavy atom. The minimum Gasteiger partial charge on any atom is -0.497 e. The summed E-state index contributed by atoms with van der Waals surface area (Å²) in [7, 11) is 1.58. The van der Waals surface area contributed by atoms with Crippen molar-refractivity contribution in [3.63, 3.8) is 0 Å². The molecule has 0 unspecified atom stereocenters. The van der Waals surface area contributed by atoms with E-state index in [1.165, 1.54) is 6.20 Å². The zero-order valence-corrected chi connectivity index (χ0v) is 16.0. The summed E-state index contributed by atoms with van der Waals surface area (Å²) in [6.45, 7) is 0. The van der Waals surface area contributed by atoms with Crippen LogP contribution in [0.1, 0.15) is 17.2 Å². The van der Waals surface area contributed by atoms with Crippen molar-refractivity contribution in [1.82, 2.24) is 5.32 Å². The smallest absolute Gasteiger partial charge is 0.264 e. The molecule has 0 aliphatic rings. The molecule has 0 radical (unpaired) electrons. The molecule has 0 saturated heterocycles. The molecule has 0 spiro atoms.